The second kappa shape index (κ2) is 6.72. The molecule has 0 radical (unpaired) electrons. The molecule has 4 aromatic rings. The van der Waals surface area contributed by atoms with Crippen molar-refractivity contribution in [2.24, 2.45) is 5.10 Å². The van der Waals surface area contributed by atoms with Crippen LogP contribution in [0, 0.1) is 27.7 Å². The van der Waals surface area contributed by atoms with Crippen LogP contribution >= 0.6 is 0 Å². The van der Waals surface area contributed by atoms with E-state index in [1.165, 1.54) is 11.1 Å². The van der Waals surface area contributed by atoms with Crippen molar-refractivity contribution in [1.29, 1.82) is 0 Å². The Balaban J connectivity index is 1.61. The van der Waals surface area contributed by atoms with Crippen molar-refractivity contribution in [2.75, 3.05) is 5.43 Å². The van der Waals surface area contributed by atoms with E-state index in [0.29, 0.717) is 5.82 Å². The molecule has 3 aromatic heterocycles. The summed E-state index contributed by atoms with van der Waals surface area (Å²) in [6.07, 6.45) is 3.42. The Labute approximate surface area is 157 Å². The second-order valence-corrected chi connectivity index (χ2v) is 6.71. The summed E-state index contributed by atoms with van der Waals surface area (Å²) in [5.74, 6) is 2.29. The maximum absolute atomic E-state index is 5.66. The van der Waals surface area contributed by atoms with Crippen LogP contribution < -0.4 is 5.43 Å². The topological polar surface area (TPSA) is 79.1 Å². The highest BCUT2D eigenvalue weighted by Gasteiger charge is 2.10. The first kappa shape index (κ1) is 17.0. The van der Waals surface area contributed by atoms with Gasteiger partial charge in [0.15, 0.2) is 5.76 Å². The van der Waals surface area contributed by atoms with Gasteiger partial charge in [-0.3, -0.25) is 10.5 Å². The van der Waals surface area contributed by atoms with E-state index in [1.807, 2.05) is 25.1 Å². The summed E-state index contributed by atoms with van der Waals surface area (Å²) in [4.78, 5) is 4.73. The van der Waals surface area contributed by atoms with Gasteiger partial charge >= 0.3 is 0 Å². The zero-order valence-corrected chi connectivity index (χ0v) is 15.8. The maximum Gasteiger partial charge on any atom is 0.152 e. The van der Waals surface area contributed by atoms with E-state index in [2.05, 4.69) is 53.6 Å². The molecule has 0 saturated carbocycles. The quantitative estimate of drug-likeness (QED) is 0.401. The molecule has 27 heavy (non-hydrogen) atoms. The summed E-state index contributed by atoms with van der Waals surface area (Å²) >= 11 is 0. The lowest BCUT2D eigenvalue weighted by molar-refractivity contribution is 0.546. The van der Waals surface area contributed by atoms with Gasteiger partial charge in [-0.1, -0.05) is 12.1 Å². The smallest absolute Gasteiger partial charge is 0.152 e. The molecule has 2 N–H and O–H groups in total. The molecule has 0 atom stereocenters. The van der Waals surface area contributed by atoms with Gasteiger partial charge in [-0.2, -0.15) is 10.2 Å². The monoisotopic (exact) mass is 359 g/mol. The van der Waals surface area contributed by atoms with E-state index in [9.17, 15) is 0 Å². The van der Waals surface area contributed by atoms with E-state index in [1.54, 1.807) is 12.4 Å². The number of H-pyrrole nitrogens is 1. The zero-order valence-electron chi connectivity index (χ0n) is 15.8. The molecule has 136 valence electrons. The predicted molar refractivity (Wildman–Crippen MR) is 108 cm³/mol. The molecule has 6 heteroatoms. The van der Waals surface area contributed by atoms with Crippen LogP contribution in [-0.2, 0) is 0 Å². The molecule has 3 heterocycles. The van der Waals surface area contributed by atoms with E-state index < -0.39 is 0 Å². The first-order valence-electron chi connectivity index (χ1n) is 8.80. The predicted octanol–water partition coefficient (Wildman–Crippen LogP) is 4.90. The van der Waals surface area contributed by atoms with Crippen molar-refractivity contribution in [3.05, 3.63) is 64.5 Å². The number of fused-ring (bicyclic) bond motifs is 1. The fourth-order valence-electron chi connectivity index (χ4n) is 3.08. The maximum atomic E-state index is 5.66. The van der Waals surface area contributed by atoms with Gasteiger partial charge in [0.25, 0.3) is 0 Å². The largest absolute Gasteiger partial charge is 0.460 e. The average Bonchev–Trinajstić information content (AvgIpc) is 3.27. The first-order chi connectivity index (χ1) is 13.0. The number of hydrogen-bond donors (Lipinski definition) is 2. The van der Waals surface area contributed by atoms with Crippen LogP contribution in [-0.4, -0.2) is 21.4 Å². The summed E-state index contributed by atoms with van der Waals surface area (Å²) in [5.41, 5.74) is 9.24. The fourth-order valence-corrected chi connectivity index (χ4v) is 3.08. The molecule has 0 spiro atoms. The number of rotatable bonds is 4. The minimum absolute atomic E-state index is 0.712. The van der Waals surface area contributed by atoms with Crippen molar-refractivity contribution >= 4 is 22.9 Å². The van der Waals surface area contributed by atoms with Crippen LogP contribution in [0.1, 0.15) is 28.0 Å². The Morgan fingerprint density at radius 1 is 1.07 bits per heavy atom. The van der Waals surface area contributed by atoms with Gasteiger partial charge in [0, 0.05) is 10.9 Å². The molecule has 0 aliphatic rings. The van der Waals surface area contributed by atoms with Crippen LogP contribution in [0.3, 0.4) is 0 Å². The third-order valence-corrected chi connectivity index (χ3v) is 4.75. The molecule has 0 aliphatic carbocycles. The Morgan fingerprint density at radius 2 is 1.93 bits per heavy atom. The van der Waals surface area contributed by atoms with Crippen LogP contribution in [0.2, 0.25) is 0 Å². The summed E-state index contributed by atoms with van der Waals surface area (Å²) in [7, 11) is 0. The number of hydrazone groups is 1. The molecule has 1 aromatic carbocycles. The van der Waals surface area contributed by atoms with Crippen molar-refractivity contribution in [2.45, 2.75) is 27.7 Å². The number of aryl methyl sites for hydroxylation is 4. The minimum Gasteiger partial charge on any atom is -0.460 e. The SMILES string of the molecule is Cc1ccc(-c2[nH]ncc2/C=N/Nc2cc(C)c3ccc(C)c(C)c3n2)o1. The van der Waals surface area contributed by atoms with Crippen LogP contribution in [0.25, 0.3) is 22.4 Å². The number of hydrogen-bond acceptors (Lipinski definition) is 5. The van der Waals surface area contributed by atoms with E-state index >= 15 is 0 Å². The minimum atomic E-state index is 0.712. The highest BCUT2D eigenvalue weighted by molar-refractivity contribution is 5.89. The molecular formula is C21H21N5O. The number of nitrogens with one attached hydrogen (secondary N) is 2. The van der Waals surface area contributed by atoms with Gasteiger partial charge in [-0.05, 0) is 62.6 Å². The molecule has 0 unspecified atom stereocenters. The number of furan rings is 1. The molecule has 0 fully saturated rings. The van der Waals surface area contributed by atoms with E-state index in [4.69, 9.17) is 9.40 Å². The second-order valence-electron chi connectivity index (χ2n) is 6.71. The van der Waals surface area contributed by atoms with Crippen molar-refractivity contribution < 1.29 is 4.42 Å². The van der Waals surface area contributed by atoms with Gasteiger partial charge in [-0.25, -0.2) is 4.98 Å². The highest BCUT2D eigenvalue weighted by atomic mass is 16.3. The van der Waals surface area contributed by atoms with Gasteiger partial charge in [0.1, 0.15) is 17.3 Å². The Morgan fingerprint density at radius 3 is 2.70 bits per heavy atom. The lowest BCUT2D eigenvalue weighted by Crippen LogP contribution is -1.97. The van der Waals surface area contributed by atoms with Gasteiger partial charge in [0.05, 0.1) is 17.9 Å². The van der Waals surface area contributed by atoms with E-state index in [-0.39, 0.29) is 0 Å². The Bertz CT molecular complexity index is 1150. The van der Waals surface area contributed by atoms with Crippen LogP contribution in [0.4, 0.5) is 5.82 Å². The summed E-state index contributed by atoms with van der Waals surface area (Å²) in [6, 6.07) is 10.1. The third-order valence-electron chi connectivity index (χ3n) is 4.75. The van der Waals surface area contributed by atoms with Crippen LogP contribution in [0.15, 0.2) is 46.0 Å². The highest BCUT2D eigenvalue weighted by Crippen LogP contribution is 2.25. The molecular weight excluding hydrogens is 338 g/mol. The molecule has 0 bridgehead atoms. The van der Waals surface area contributed by atoms with Crippen molar-refractivity contribution in [3.63, 3.8) is 0 Å². The van der Waals surface area contributed by atoms with Crippen molar-refractivity contribution in [3.8, 4) is 11.5 Å². The fraction of sp³-hybridized carbons (Fsp3) is 0.190. The standard InChI is InChI=1S/C21H21N5O/c1-12-5-7-17-13(2)9-19(24-20(17)15(12)4)25-22-10-16-11-23-26-21(16)18-8-6-14(3)27-18/h5-11H,1-4H3,(H,23,26)(H,24,25)/b22-10+. The summed E-state index contributed by atoms with van der Waals surface area (Å²) < 4.78 is 5.66. The lowest BCUT2D eigenvalue weighted by atomic mass is 10.0. The number of pyridine rings is 1. The Hall–Kier alpha value is -3.41. The van der Waals surface area contributed by atoms with Crippen molar-refractivity contribution in [1.82, 2.24) is 15.2 Å². The Kier molecular flexibility index (Phi) is 4.24. The van der Waals surface area contributed by atoms with E-state index in [0.717, 1.165) is 39.2 Å². The molecule has 0 aliphatic heterocycles. The molecule has 4 rings (SSSR count). The number of aromatic amines is 1. The zero-order chi connectivity index (χ0) is 19.0. The number of nitrogens with zero attached hydrogens (tertiary/aromatic N) is 3. The van der Waals surface area contributed by atoms with Gasteiger partial charge in [-0.15, -0.1) is 0 Å². The number of anilines is 1. The van der Waals surface area contributed by atoms with Gasteiger partial charge in [0.2, 0.25) is 0 Å². The molecule has 6 nitrogen and oxygen atoms in total. The first-order valence-corrected chi connectivity index (χ1v) is 8.80. The van der Waals surface area contributed by atoms with Crippen LogP contribution in [0.5, 0.6) is 0 Å². The third kappa shape index (κ3) is 3.21. The summed E-state index contributed by atoms with van der Waals surface area (Å²) in [6.45, 7) is 8.19. The summed E-state index contributed by atoms with van der Waals surface area (Å²) in [5, 5.41) is 12.5. The lowest BCUT2D eigenvalue weighted by Gasteiger charge is -2.09. The number of aromatic nitrogens is 3. The molecule has 0 amide bonds. The number of benzene rings is 1. The average molecular weight is 359 g/mol. The molecule has 0 saturated heterocycles. The normalized spacial score (nSPS) is 11.6. The van der Waals surface area contributed by atoms with Gasteiger partial charge < -0.3 is 4.42 Å².